The van der Waals surface area contributed by atoms with Gasteiger partial charge in [-0.15, -0.1) is 0 Å². The standard InChI is InChI=1S/C29H38N2O5/c1-6-35-24-19-22(13-14-23(24)36-18-15-20(2)3)26-25(27(32)21-11-8-7-9-12-21)28(33)29(34)31(26)17-10-16-30(4)5/h7-9,11-14,19-20,26,32H,6,10,15-18H2,1-5H3. The van der Waals surface area contributed by atoms with E-state index in [4.69, 9.17) is 9.47 Å². The molecule has 0 saturated carbocycles. The first kappa shape index (κ1) is 27.3. The minimum absolute atomic E-state index is 0.0898. The van der Waals surface area contributed by atoms with Crippen molar-refractivity contribution >= 4 is 17.4 Å². The Kier molecular flexibility index (Phi) is 9.53. The number of nitrogens with zero attached hydrogens (tertiary/aromatic N) is 2. The molecule has 1 amide bonds. The highest BCUT2D eigenvalue weighted by atomic mass is 16.5. The van der Waals surface area contributed by atoms with Crippen molar-refractivity contribution in [3.05, 3.63) is 65.2 Å². The Morgan fingerprint density at radius 2 is 1.78 bits per heavy atom. The van der Waals surface area contributed by atoms with Crippen molar-refractivity contribution in [2.45, 2.75) is 39.7 Å². The van der Waals surface area contributed by atoms with Gasteiger partial charge < -0.3 is 24.4 Å². The predicted octanol–water partition coefficient (Wildman–Crippen LogP) is 4.88. The Morgan fingerprint density at radius 1 is 1.06 bits per heavy atom. The summed E-state index contributed by atoms with van der Waals surface area (Å²) < 4.78 is 11.9. The van der Waals surface area contributed by atoms with Gasteiger partial charge in [-0.25, -0.2) is 0 Å². The van der Waals surface area contributed by atoms with Crippen molar-refractivity contribution in [3.8, 4) is 11.5 Å². The summed E-state index contributed by atoms with van der Waals surface area (Å²) in [6.45, 7) is 8.33. The van der Waals surface area contributed by atoms with Crippen LogP contribution < -0.4 is 9.47 Å². The molecule has 1 unspecified atom stereocenters. The summed E-state index contributed by atoms with van der Waals surface area (Å²) in [5, 5.41) is 11.2. The number of Topliss-reactive ketones (excluding diaryl/α,β-unsaturated/α-hetero) is 1. The number of carbonyl (C=O) groups excluding carboxylic acids is 2. The molecule has 3 rings (SSSR count). The Hall–Kier alpha value is -3.32. The first-order valence-corrected chi connectivity index (χ1v) is 12.6. The van der Waals surface area contributed by atoms with Gasteiger partial charge in [0.2, 0.25) is 0 Å². The number of carbonyl (C=O) groups is 2. The number of hydrogen-bond acceptors (Lipinski definition) is 6. The topological polar surface area (TPSA) is 79.3 Å². The first-order chi connectivity index (χ1) is 17.2. The summed E-state index contributed by atoms with van der Waals surface area (Å²) in [6.07, 6.45) is 1.60. The molecule has 0 spiro atoms. The number of benzene rings is 2. The molecule has 0 aliphatic carbocycles. The summed E-state index contributed by atoms with van der Waals surface area (Å²) in [6, 6.07) is 13.6. The maximum atomic E-state index is 13.2. The van der Waals surface area contributed by atoms with Gasteiger partial charge >= 0.3 is 0 Å². The van der Waals surface area contributed by atoms with E-state index in [1.54, 1.807) is 29.2 Å². The van der Waals surface area contributed by atoms with Crippen LogP contribution in [0.25, 0.3) is 5.76 Å². The third-order valence-electron chi connectivity index (χ3n) is 6.13. The van der Waals surface area contributed by atoms with Crippen molar-refractivity contribution < 1.29 is 24.2 Å². The summed E-state index contributed by atoms with van der Waals surface area (Å²) in [5.41, 5.74) is 1.27. The molecule has 1 atom stereocenters. The molecule has 1 aliphatic rings. The lowest BCUT2D eigenvalue weighted by Crippen LogP contribution is -2.32. The molecule has 194 valence electrons. The number of aliphatic hydroxyl groups excluding tert-OH is 1. The van der Waals surface area contributed by atoms with Crippen LogP contribution in [-0.4, -0.2) is 67.0 Å². The molecule has 1 saturated heterocycles. The normalized spacial score (nSPS) is 17.3. The molecule has 2 aromatic rings. The Bertz CT molecular complexity index is 1080. The van der Waals surface area contributed by atoms with Gasteiger partial charge in [-0.1, -0.05) is 50.2 Å². The second-order valence-corrected chi connectivity index (χ2v) is 9.69. The van der Waals surface area contributed by atoms with E-state index in [0.717, 1.165) is 13.0 Å². The van der Waals surface area contributed by atoms with Gasteiger partial charge in [0.1, 0.15) is 5.76 Å². The molecule has 1 heterocycles. The van der Waals surface area contributed by atoms with E-state index in [1.807, 2.05) is 50.2 Å². The number of ether oxygens (including phenoxy) is 2. The third kappa shape index (κ3) is 6.46. The fourth-order valence-electron chi connectivity index (χ4n) is 4.25. The van der Waals surface area contributed by atoms with Crippen molar-refractivity contribution in [2.75, 3.05) is 40.4 Å². The fraction of sp³-hybridized carbons (Fsp3) is 0.448. The number of likely N-dealkylation sites (tertiary alicyclic amines) is 1. The molecule has 1 fully saturated rings. The maximum Gasteiger partial charge on any atom is 0.295 e. The molecule has 0 bridgehead atoms. The van der Waals surface area contributed by atoms with Gasteiger partial charge in [0.25, 0.3) is 11.7 Å². The van der Waals surface area contributed by atoms with E-state index in [1.165, 1.54) is 0 Å². The zero-order valence-corrected chi connectivity index (χ0v) is 22.0. The van der Waals surface area contributed by atoms with Gasteiger partial charge in [0.05, 0.1) is 24.8 Å². The smallest absolute Gasteiger partial charge is 0.295 e. The van der Waals surface area contributed by atoms with Gasteiger partial charge in [0.15, 0.2) is 11.5 Å². The van der Waals surface area contributed by atoms with Crippen LogP contribution in [0.15, 0.2) is 54.1 Å². The molecule has 7 nitrogen and oxygen atoms in total. The zero-order valence-electron chi connectivity index (χ0n) is 22.0. The van der Waals surface area contributed by atoms with Crippen LogP contribution in [0.1, 0.15) is 50.8 Å². The summed E-state index contributed by atoms with van der Waals surface area (Å²) >= 11 is 0. The molecule has 0 radical (unpaired) electrons. The Labute approximate surface area is 214 Å². The van der Waals surface area contributed by atoms with Crippen LogP contribution in [0.3, 0.4) is 0 Å². The number of rotatable bonds is 12. The van der Waals surface area contributed by atoms with Gasteiger partial charge in [-0.3, -0.25) is 9.59 Å². The minimum Gasteiger partial charge on any atom is -0.507 e. The monoisotopic (exact) mass is 494 g/mol. The van der Waals surface area contributed by atoms with Crippen LogP contribution >= 0.6 is 0 Å². The van der Waals surface area contributed by atoms with E-state index in [0.29, 0.717) is 54.7 Å². The van der Waals surface area contributed by atoms with Crippen molar-refractivity contribution in [2.24, 2.45) is 5.92 Å². The molecule has 1 N–H and O–H groups in total. The lowest BCUT2D eigenvalue weighted by molar-refractivity contribution is -0.139. The van der Waals surface area contributed by atoms with Crippen molar-refractivity contribution in [1.29, 1.82) is 0 Å². The van der Waals surface area contributed by atoms with Crippen LogP contribution in [0, 0.1) is 5.92 Å². The van der Waals surface area contributed by atoms with E-state index in [2.05, 4.69) is 13.8 Å². The van der Waals surface area contributed by atoms with Crippen LogP contribution in [-0.2, 0) is 9.59 Å². The van der Waals surface area contributed by atoms with E-state index in [9.17, 15) is 14.7 Å². The fourth-order valence-corrected chi connectivity index (χ4v) is 4.25. The average Bonchev–Trinajstić information content (AvgIpc) is 3.10. The van der Waals surface area contributed by atoms with Crippen LogP contribution in [0.5, 0.6) is 11.5 Å². The average molecular weight is 495 g/mol. The second-order valence-electron chi connectivity index (χ2n) is 9.69. The quantitative estimate of drug-likeness (QED) is 0.257. The van der Waals surface area contributed by atoms with Gasteiger partial charge in [0, 0.05) is 12.1 Å². The lowest BCUT2D eigenvalue weighted by Gasteiger charge is -2.26. The second kappa shape index (κ2) is 12.6. The van der Waals surface area contributed by atoms with Crippen molar-refractivity contribution in [1.82, 2.24) is 9.80 Å². The number of ketones is 1. The highest BCUT2D eigenvalue weighted by molar-refractivity contribution is 6.46. The lowest BCUT2D eigenvalue weighted by atomic mass is 9.95. The summed E-state index contributed by atoms with van der Waals surface area (Å²) in [7, 11) is 3.93. The predicted molar refractivity (Wildman–Crippen MR) is 141 cm³/mol. The minimum atomic E-state index is -0.726. The maximum absolute atomic E-state index is 13.2. The Balaban J connectivity index is 2.06. The highest BCUT2D eigenvalue weighted by Gasteiger charge is 2.46. The van der Waals surface area contributed by atoms with Gasteiger partial charge in [-0.2, -0.15) is 0 Å². The third-order valence-corrected chi connectivity index (χ3v) is 6.13. The molecular weight excluding hydrogens is 456 g/mol. The molecule has 2 aromatic carbocycles. The van der Waals surface area contributed by atoms with E-state index >= 15 is 0 Å². The summed E-state index contributed by atoms with van der Waals surface area (Å²) in [5.74, 6) is 0.225. The number of aliphatic hydroxyl groups is 1. The molecule has 1 aliphatic heterocycles. The molecular formula is C29H38N2O5. The molecule has 36 heavy (non-hydrogen) atoms. The SMILES string of the molecule is CCOc1cc(C2C(=C(O)c3ccccc3)C(=O)C(=O)N2CCCN(C)C)ccc1OCCC(C)C. The van der Waals surface area contributed by atoms with Crippen LogP contribution in [0.4, 0.5) is 0 Å². The first-order valence-electron chi connectivity index (χ1n) is 12.6. The van der Waals surface area contributed by atoms with E-state index < -0.39 is 17.7 Å². The largest absolute Gasteiger partial charge is 0.507 e. The molecule has 0 aromatic heterocycles. The number of hydrogen-bond donors (Lipinski definition) is 1. The van der Waals surface area contributed by atoms with Gasteiger partial charge in [-0.05, 0) is 64.0 Å². The highest BCUT2D eigenvalue weighted by Crippen LogP contribution is 2.42. The zero-order chi connectivity index (χ0) is 26.2. The Morgan fingerprint density at radius 3 is 2.42 bits per heavy atom. The summed E-state index contributed by atoms with van der Waals surface area (Å²) in [4.78, 5) is 30.0. The molecule has 7 heteroatoms. The van der Waals surface area contributed by atoms with Crippen LogP contribution in [0.2, 0.25) is 0 Å². The van der Waals surface area contributed by atoms with E-state index in [-0.39, 0.29) is 11.3 Å². The van der Waals surface area contributed by atoms with Crippen molar-refractivity contribution in [3.63, 3.8) is 0 Å². The number of amides is 1.